The van der Waals surface area contributed by atoms with Crippen LogP contribution in [0, 0.1) is 19.7 Å². The van der Waals surface area contributed by atoms with Gasteiger partial charge in [-0.05, 0) is 55.5 Å². The third-order valence-electron chi connectivity index (χ3n) is 3.83. The highest BCUT2D eigenvalue weighted by Crippen LogP contribution is 2.35. The Hall–Kier alpha value is -1.83. The van der Waals surface area contributed by atoms with Crippen molar-refractivity contribution in [3.8, 4) is 0 Å². The van der Waals surface area contributed by atoms with Crippen LogP contribution < -0.4 is 5.32 Å². The van der Waals surface area contributed by atoms with E-state index in [4.69, 9.17) is 0 Å². The molecule has 2 aromatic carbocycles. The highest BCUT2D eigenvalue weighted by molar-refractivity contribution is 5.51. The molecule has 0 aromatic heterocycles. The maximum atomic E-state index is 13.8. The monoisotopic (exact) mass is 255 g/mol. The molecule has 1 atom stereocenters. The highest BCUT2D eigenvalue weighted by atomic mass is 19.1. The van der Waals surface area contributed by atoms with Gasteiger partial charge in [0, 0.05) is 0 Å². The van der Waals surface area contributed by atoms with Crippen molar-refractivity contribution in [2.75, 3.05) is 5.32 Å². The predicted molar refractivity (Wildman–Crippen MR) is 77.0 cm³/mol. The standard InChI is InChI=1S/C17H18FN/c1-11-3-5-13-6-8-16(14(13)9-11)19-17-10-12(2)4-7-15(17)18/h3-5,7,9-10,16,19H,6,8H2,1-2H3. The number of aryl methyl sites for hydroxylation is 3. The van der Waals surface area contributed by atoms with Crippen molar-refractivity contribution < 1.29 is 4.39 Å². The minimum Gasteiger partial charge on any atom is -0.376 e. The first-order valence-corrected chi connectivity index (χ1v) is 6.75. The molecule has 0 fully saturated rings. The van der Waals surface area contributed by atoms with E-state index < -0.39 is 0 Å². The molecule has 19 heavy (non-hydrogen) atoms. The molecule has 2 aromatic rings. The average Bonchev–Trinajstić information content (AvgIpc) is 2.77. The van der Waals surface area contributed by atoms with Crippen molar-refractivity contribution >= 4 is 5.69 Å². The minimum absolute atomic E-state index is 0.174. The van der Waals surface area contributed by atoms with Gasteiger partial charge in [-0.25, -0.2) is 4.39 Å². The number of halogens is 1. The van der Waals surface area contributed by atoms with Crippen molar-refractivity contribution in [2.24, 2.45) is 0 Å². The molecule has 2 heteroatoms. The fourth-order valence-electron chi connectivity index (χ4n) is 2.81. The maximum Gasteiger partial charge on any atom is 0.146 e. The lowest BCUT2D eigenvalue weighted by Crippen LogP contribution is -2.08. The van der Waals surface area contributed by atoms with Crippen LogP contribution in [0.4, 0.5) is 10.1 Å². The van der Waals surface area contributed by atoms with Crippen molar-refractivity contribution in [3.63, 3.8) is 0 Å². The molecule has 0 amide bonds. The molecule has 0 saturated heterocycles. The lowest BCUT2D eigenvalue weighted by Gasteiger charge is -2.17. The van der Waals surface area contributed by atoms with E-state index in [-0.39, 0.29) is 11.9 Å². The van der Waals surface area contributed by atoms with Gasteiger partial charge in [0.2, 0.25) is 0 Å². The molecule has 1 nitrogen and oxygen atoms in total. The lowest BCUT2D eigenvalue weighted by atomic mass is 10.0. The molecule has 98 valence electrons. The van der Waals surface area contributed by atoms with E-state index in [0.717, 1.165) is 18.4 Å². The molecular weight excluding hydrogens is 237 g/mol. The van der Waals surface area contributed by atoms with Gasteiger partial charge in [0.1, 0.15) is 5.82 Å². The van der Waals surface area contributed by atoms with Gasteiger partial charge in [0.25, 0.3) is 0 Å². The first kappa shape index (κ1) is 12.2. The van der Waals surface area contributed by atoms with Crippen LogP contribution in [0.25, 0.3) is 0 Å². The Morgan fingerprint density at radius 2 is 1.79 bits per heavy atom. The zero-order valence-electron chi connectivity index (χ0n) is 11.3. The minimum atomic E-state index is -0.174. The molecule has 3 rings (SSSR count). The van der Waals surface area contributed by atoms with Crippen LogP contribution in [0.2, 0.25) is 0 Å². The predicted octanol–water partition coefficient (Wildman–Crippen LogP) is 4.54. The SMILES string of the molecule is Cc1ccc(F)c(NC2CCc3ccc(C)cc32)c1. The van der Waals surface area contributed by atoms with Gasteiger partial charge in [-0.3, -0.25) is 0 Å². The van der Waals surface area contributed by atoms with Crippen molar-refractivity contribution in [2.45, 2.75) is 32.7 Å². The molecular formula is C17H18FN. The first-order valence-electron chi connectivity index (χ1n) is 6.75. The van der Waals surface area contributed by atoms with E-state index in [1.54, 1.807) is 6.07 Å². The van der Waals surface area contributed by atoms with Crippen LogP contribution in [-0.2, 0) is 6.42 Å². The fraction of sp³-hybridized carbons (Fsp3) is 0.294. The summed E-state index contributed by atoms with van der Waals surface area (Å²) in [6, 6.07) is 12.0. The lowest BCUT2D eigenvalue weighted by molar-refractivity contribution is 0.624. The van der Waals surface area contributed by atoms with Gasteiger partial charge >= 0.3 is 0 Å². The fourth-order valence-corrected chi connectivity index (χ4v) is 2.81. The number of fused-ring (bicyclic) bond motifs is 1. The zero-order valence-corrected chi connectivity index (χ0v) is 11.3. The number of hydrogen-bond donors (Lipinski definition) is 1. The number of rotatable bonds is 2. The van der Waals surface area contributed by atoms with Crippen molar-refractivity contribution in [3.05, 3.63) is 64.5 Å². The summed E-state index contributed by atoms with van der Waals surface area (Å²) in [6.07, 6.45) is 2.10. The zero-order chi connectivity index (χ0) is 13.4. The molecule has 1 aliphatic carbocycles. The summed E-state index contributed by atoms with van der Waals surface area (Å²) in [6.45, 7) is 4.08. The number of nitrogens with one attached hydrogen (secondary N) is 1. The Bertz CT molecular complexity index is 619. The third-order valence-corrected chi connectivity index (χ3v) is 3.83. The van der Waals surface area contributed by atoms with E-state index in [1.165, 1.54) is 22.8 Å². The Kier molecular flexibility index (Phi) is 3.02. The van der Waals surface area contributed by atoms with Crippen LogP contribution in [0.15, 0.2) is 36.4 Å². The summed E-state index contributed by atoms with van der Waals surface area (Å²) in [5.74, 6) is -0.174. The molecule has 0 heterocycles. The van der Waals surface area contributed by atoms with Crippen LogP contribution in [-0.4, -0.2) is 0 Å². The maximum absolute atomic E-state index is 13.8. The van der Waals surface area contributed by atoms with Gasteiger partial charge in [-0.15, -0.1) is 0 Å². The van der Waals surface area contributed by atoms with Gasteiger partial charge < -0.3 is 5.32 Å². The van der Waals surface area contributed by atoms with Gasteiger partial charge in [-0.2, -0.15) is 0 Å². The Morgan fingerprint density at radius 1 is 1.05 bits per heavy atom. The van der Waals surface area contributed by atoms with Crippen LogP contribution in [0.3, 0.4) is 0 Å². The largest absolute Gasteiger partial charge is 0.376 e. The highest BCUT2D eigenvalue weighted by Gasteiger charge is 2.22. The molecule has 0 radical (unpaired) electrons. The number of anilines is 1. The molecule has 0 spiro atoms. The van der Waals surface area contributed by atoms with Gasteiger partial charge in [0.05, 0.1) is 11.7 Å². The Balaban J connectivity index is 1.90. The summed E-state index contributed by atoms with van der Waals surface area (Å²) < 4.78 is 13.8. The topological polar surface area (TPSA) is 12.0 Å². The Morgan fingerprint density at radius 3 is 2.63 bits per heavy atom. The van der Waals surface area contributed by atoms with Crippen LogP contribution in [0.5, 0.6) is 0 Å². The normalized spacial score (nSPS) is 17.3. The van der Waals surface area contributed by atoms with Crippen molar-refractivity contribution in [1.29, 1.82) is 0 Å². The summed E-state index contributed by atoms with van der Waals surface area (Å²) in [4.78, 5) is 0. The number of benzene rings is 2. The second kappa shape index (κ2) is 4.69. The molecule has 1 aliphatic rings. The summed E-state index contributed by atoms with van der Waals surface area (Å²) in [5.41, 5.74) is 5.65. The molecule has 0 bridgehead atoms. The summed E-state index contributed by atoms with van der Waals surface area (Å²) >= 11 is 0. The third kappa shape index (κ3) is 2.35. The summed E-state index contributed by atoms with van der Waals surface area (Å²) in [7, 11) is 0. The van der Waals surface area contributed by atoms with E-state index in [9.17, 15) is 4.39 Å². The van der Waals surface area contributed by atoms with E-state index in [0.29, 0.717) is 5.69 Å². The Labute approximate surface area is 113 Å². The quantitative estimate of drug-likeness (QED) is 0.830. The van der Waals surface area contributed by atoms with Crippen LogP contribution in [0.1, 0.15) is 34.7 Å². The van der Waals surface area contributed by atoms with Crippen molar-refractivity contribution in [1.82, 2.24) is 0 Å². The summed E-state index contributed by atoms with van der Waals surface area (Å²) in [5, 5.41) is 3.36. The average molecular weight is 255 g/mol. The first-order chi connectivity index (χ1) is 9.13. The molecule has 1 N–H and O–H groups in total. The number of hydrogen-bond acceptors (Lipinski definition) is 1. The molecule has 0 saturated carbocycles. The smallest absolute Gasteiger partial charge is 0.146 e. The molecule has 1 unspecified atom stereocenters. The second-order valence-corrected chi connectivity index (χ2v) is 5.42. The van der Waals surface area contributed by atoms with Gasteiger partial charge in [0.15, 0.2) is 0 Å². The van der Waals surface area contributed by atoms with E-state index in [1.807, 2.05) is 13.0 Å². The van der Waals surface area contributed by atoms with Gasteiger partial charge in [-0.1, -0.05) is 29.8 Å². The van der Waals surface area contributed by atoms with E-state index >= 15 is 0 Å². The van der Waals surface area contributed by atoms with E-state index in [2.05, 4.69) is 30.4 Å². The second-order valence-electron chi connectivity index (χ2n) is 5.42. The molecule has 0 aliphatic heterocycles. The van der Waals surface area contributed by atoms with Crippen LogP contribution >= 0.6 is 0 Å².